The van der Waals surface area contributed by atoms with Crippen LogP contribution < -0.4 is 23.7 Å². The number of aliphatic hydroxyl groups excluding tert-OH is 9. The summed E-state index contributed by atoms with van der Waals surface area (Å²) in [7, 11) is 2.66. The van der Waals surface area contributed by atoms with E-state index in [9.17, 15) is 85.6 Å². The number of carbonyl (C=O) groups is 4. The fraction of sp³-hybridized carbons (Fsp3) is 0.375. The molecule has 3 saturated heterocycles. The molecule has 1 aromatic heterocycles. The van der Waals surface area contributed by atoms with Gasteiger partial charge in [0.2, 0.25) is 24.6 Å². The number of carbonyl (C=O) groups excluding carboxylic acids is 3. The number of carboxylic acids is 1. The van der Waals surface area contributed by atoms with Gasteiger partial charge in [-0.2, -0.15) is 0 Å². The number of esters is 3. The van der Waals surface area contributed by atoms with Crippen LogP contribution in [0.3, 0.4) is 0 Å². The zero-order valence-electron chi connectivity index (χ0n) is 45.0. The first kappa shape index (κ1) is 63.4. The Bertz CT molecular complexity index is 3310. The third kappa shape index (κ3) is 14.9. The van der Waals surface area contributed by atoms with Crippen molar-refractivity contribution in [1.82, 2.24) is 0 Å². The molecule has 0 spiro atoms. The minimum atomic E-state index is -2.10. The summed E-state index contributed by atoms with van der Waals surface area (Å²) in [5, 5.41) is 149. The van der Waals surface area contributed by atoms with Crippen LogP contribution in [0, 0.1) is 0 Å². The normalized spacial score (nSPS) is 27.5. The van der Waals surface area contributed by atoms with Gasteiger partial charge in [-0.05, 0) is 59.7 Å². The topological polar surface area (TPSA) is 464 Å². The number of aliphatic hydroxyl groups is 9. The van der Waals surface area contributed by atoms with E-state index < -0.39 is 171 Å². The standard InChI is InChI=1S/C56H58O30/c1-75-33-13-23(3-8-28(33)57)5-11-41(63)77-20-37-44(66)47(69)50(72)54(84-37)80-26-16-31(60)27-18-36(83-56-52(74)49(71)46(68)39(86-56)22-79-43(65)19-40(61)62)53(81-32(27)17-26)25-7-10-30(59)35(15-25)82-55-51(73)48(70)45(67)38(85-55)21-78-42(64)12-6-24-4-9-29(58)34(14-24)76-2/h3-18,37-39,44-52,54-56,66-74H,19-22H2,1-2H3,(H4-,57,58,59,60,61,62,63,64)/p+1/t37?,38?,39?,44-,45-,46-,47+,48+,49+,50?,51?,52?,54-,55-,56-/m1/s1. The van der Waals surface area contributed by atoms with Crippen molar-refractivity contribution in [1.29, 1.82) is 0 Å². The number of benzene rings is 4. The van der Waals surface area contributed by atoms with E-state index in [4.69, 9.17) is 61.6 Å². The van der Waals surface area contributed by atoms with Gasteiger partial charge in [-0.3, -0.25) is 9.59 Å². The van der Waals surface area contributed by atoms with Crippen molar-refractivity contribution in [3.63, 3.8) is 0 Å². The molecular formula is C56H59O30+. The lowest BCUT2D eigenvalue weighted by Gasteiger charge is -2.40. The van der Waals surface area contributed by atoms with Crippen molar-refractivity contribution in [3.8, 4) is 63.1 Å². The summed E-state index contributed by atoms with van der Waals surface area (Å²) in [6, 6.07) is 15.0. The first-order valence-corrected chi connectivity index (χ1v) is 25.8. The van der Waals surface area contributed by atoms with Crippen molar-refractivity contribution >= 4 is 47.0 Å². The molecule has 5 aromatic rings. The second kappa shape index (κ2) is 27.6. The Hall–Kier alpha value is -8.63. The van der Waals surface area contributed by atoms with Crippen molar-refractivity contribution < 1.29 is 147 Å². The predicted octanol–water partition coefficient (Wildman–Crippen LogP) is -0.689. The molecule has 30 nitrogen and oxygen atoms in total. The Kier molecular flexibility index (Phi) is 20.3. The summed E-state index contributed by atoms with van der Waals surface area (Å²) < 4.78 is 66.6. The SMILES string of the molecule is COc1cc(/C=C/C(=O)OCC2O[C@@H](Oc3cc(O)c4cc(O[C@@H]5OC(COC(=O)CC(=O)O)[C@@H](O)[C@H](O)C5O)c(-c5ccc(O)c(O[C@@H]6OC(COC(=O)/C=C/c7ccc(O)c(OC)c7)[C@@H](O)[C@H](O)C6O)c5)[o+]c4c3)C(O)[C@@H](O)[C@@H]2O)ccc1O. The van der Waals surface area contributed by atoms with E-state index in [-0.39, 0.29) is 45.3 Å². The summed E-state index contributed by atoms with van der Waals surface area (Å²) in [5.74, 6) is -7.81. The highest BCUT2D eigenvalue weighted by Gasteiger charge is 2.49. The van der Waals surface area contributed by atoms with E-state index in [0.29, 0.717) is 11.1 Å². The van der Waals surface area contributed by atoms with E-state index in [1.54, 1.807) is 0 Å². The number of aliphatic carboxylic acids is 1. The Balaban J connectivity index is 1.06. The van der Waals surface area contributed by atoms with Crippen molar-refractivity contribution in [2.75, 3.05) is 34.0 Å². The van der Waals surface area contributed by atoms with Gasteiger partial charge >= 0.3 is 35.2 Å². The van der Waals surface area contributed by atoms with Crippen LogP contribution in [0.25, 0.3) is 34.4 Å². The fourth-order valence-corrected chi connectivity index (χ4v) is 8.82. The molecule has 6 unspecified atom stereocenters. The molecule has 4 aromatic carbocycles. The second-order valence-electron chi connectivity index (χ2n) is 19.4. The van der Waals surface area contributed by atoms with Crippen molar-refractivity contribution in [2.24, 2.45) is 0 Å². The lowest BCUT2D eigenvalue weighted by Crippen LogP contribution is -2.60. The Morgan fingerprint density at radius 3 is 1.41 bits per heavy atom. The predicted molar refractivity (Wildman–Crippen MR) is 284 cm³/mol. The monoisotopic (exact) mass is 1210 g/mol. The number of hydrogen-bond donors (Lipinski definition) is 14. The van der Waals surface area contributed by atoms with E-state index in [2.05, 4.69) is 0 Å². The number of methoxy groups -OCH3 is 2. The second-order valence-corrected chi connectivity index (χ2v) is 19.4. The zero-order valence-corrected chi connectivity index (χ0v) is 45.0. The molecule has 15 atom stereocenters. The van der Waals surface area contributed by atoms with Crippen molar-refractivity contribution in [2.45, 2.75) is 98.5 Å². The summed E-state index contributed by atoms with van der Waals surface area (Å²) >= 11 is 0. The van der Waals surface area contributed by atoms with Crippen LogP contribution in [-0.2, 0) is 47.6 Å². The van der Waals surface area contributed by atoms with Gasteiger partial charge in [-0.15, -0.1) is 0 Å². The molecule has 14 N–H and O–H groups in total. The van der Waals surface area contributed by atoms with Crippen LogP contribution in [0.5, 0.6) is 51.7 Å². The number of carboxylic acid groups (broad SMARTS) is 1. The maximum Gasteiger partial charge on any atom is 0.402 e. The molecule has 3 fully saturated rings. The van der Waals surface area contributed by atoms with Gasteiger partial charge in [0.1, 0.15) is 116 Å². The van der Waals surface area contributed by atoms with Gasteiger partial charge in [0.15, 0.2) is 34.5 Å². The van der Waals surface area contributed by atoms with Crippen LogP contribution in [0.1, 0.15) is 17.5 Å². The molecule has 86 heavy (non-hydrogen) atoms. The maximum absolute atomic E-state index is 12.7. The third-order valence-electron chi connectivity index (χ3n) is 13.5. The lowest BCUT2D eigenvalue weighted by molar-refractivity contribution is -0.278. The van der Waals surface area contributed by atoms with Crippen LogP contribution in [-0.4, -0.2) is 222 Å². The zero-order chi connectivity index (χ0) is 62.3. The lowest BCUT2D eigenvalue weighted by atomic mass is 9.99. The quantitative estimate of drug-likeness (QED) is 0.0142. The van der Waals surface area contributed by atoms with Gasteiger partial charge in [-0.25, -0.2) is 14.0 Å². The van der Waals surface area contributed by atoms with Crippen molar-refractivity contribution in [3.05, 3.63) is 96.1 Å². The Labute approximate surface area is 484 Å². The van der Waals surface area contributed by atoms with Gasteiger partial charge in [0, 0.05) is 30.4 Å². The molecule has 0 saturated carbocycles. The van der Waals surface area contributed by atoms with Crippen LogP contribution in [0.2, 0.25) is 0 Å². The highest BCUT2D eigenvalue weighted by Crippen LogP contribution is 2.44. The highest BCUT2D eigenvalue weighted by atomic mass is 16.7. The van der Waals surface area contributed by atoms with E-state index in [1.165, 1.54) is 68.8 Å². The smallest absolute Gasteiger partial charge is 0.402 e. The van der Waals surface area contributed by atoms with Crippen LogP contribution >= 0.6 is 0 Å². The average molecular weight is 1210 g/mol. The van der Waals surface area contributed by atoms with Crippen LogP contribution in [0.4, 0.5) is 0 Å². The largest absolute Gasteiger partial charge is 0.507 e. The molecule has 30 heteroatoms. The number of ether oxygens (including phenoxy) is 11. The number of fused-ring (bicyclic) bond motifs is 1. The molecule has 0 bridgehead atoms. The van der Waals surface area contributed by atoms with Crippen LogP contribution in [0.15, 0.2) is 89.4 Å². The summed E-state index contributed by atoms with van der Waals surface area (Å²) in [5.41, 5.74) is 0.430. The summed E-state index contributed by atoms with van der Waals surface area (Å²) in [6.07, 6.45) is -24.7. The molecule has 3 aliphatic heterocycles. The minimum absolute atomic E-state index is 0.121. The molecule has 4 heterocycles. The fourth-order valence-electron chi connectivity index (χ4n) is 8.82. The van der Waals surface area contributed by atoms with E-state index in [1.807, 2.05) is 0 Å². The third-order valence-corrected chi connectivity index (χ3v) is 13.5. The highest BCUT2D eigenvalue weighted by molar-refractivity contribution is 5.91. The average Bonchev–Trinajstić information content (AvgIpc) is 1.47. The van der Waals surface area contributed by atoms with Gasteiger partial charge in [-0.1, -0.05) is 12.1 Å². The number of hydrogen-bond acceptors (Lipinski definition) is 28. The first-order chi connectivity index (χ1) is 40.9. The van der Waals surface area contributed by atoms with E-state index >= 15 is 0 Å². The Morgan fingerprint density at radius 2 is 0.930 bits per heavy atom. The number of rotatable bonds is 21. The summed E-state index contributed by atoms with van der Waals surface area (Å²) in [4.78, 5) is 48.6. The van der Waals surface area contributed by atoms with E-state index in [0.717, 1.165) is 42.5 Å². The first-order valence-electron chi connectivity index (χ1n) is 25.8. The molecular weight excluding hydrogens is 1150 g/mol. The number of phenolic OH excluding ortho intramolecular Hbond substituents is 4. The molecule has 0 amide bonds. The minimum Gasteiger partial charge on any atom is -0.507 e. The molecule has 0 aliphatic carbocycles. The molecule has 0 radical (unpaired) electrons. The molecule has 462 valence electrons. The molecule has 3 aliphatic rings. The van der Waals surface area contributed by atoms with Gasteiger partial charge in [0.25, 0.3) is 0 Å². The summed E-state index contributed by atoms with van der Waals surface area (Å²) in [6.45, 7) is -2.27. The number of aromatic hydroxyl groups is 4. The van der Waals surface area contributed by atoms with Gasteiger partial charge in [0.05, 0.1) is 25.8 Å². The Morgan fingerprint density at radius 1 is 0.488 bits per heavy atom. The number of phenols is 4. The molecule has 8 rings (SSSR count). The van der Waals surface area contributed by atoms with Gasteiger partial charge < -0.3 is 124 Å². The maximum atomic E-state index is 12.7.